The van der Waals surface area contributed by atoms with Gasteiger partial charge in [0.25, 0.3) is 5.69 Å². The summed E-state index contributed by atoms with van der Waals surface area (Å²) in [7, 11) is 0. The predicted octanol–water partition coefficient (Wildman–Crippen LogP) is 3.36. The van der Waals surface area contributed by atoms with E-state index in [9.17, 15) is 10.1 Å². The van der Waals surface area contributed by atoms with Crippen molar-refractivity contribution < 1.29 is 4.92 Å². The zero-order chi connectivity index (χ0) is 14.3. The Morgan fingerprint density at radius 3 is 2.84 bits per heavy atom. The summed E-state index contributed by atoms with van der Waals surface area (Å²) in [5.74, 6) is 2.61. The number of nitrogens with zero attached hydrogens (tertiary/aromatic N) is 1. The van der Waals surface area contributed by atoms with Crippen LogP contribution in [-0.2, 0) is 0 Å². The molecule has 0 heterocycles. The molecule has 0 spiro atoms. The topological polar surface area (TPSA) is 55.2 Å². The quantitative estimate of drug-likeness (QED) is 0.354. The lowest BCUT2D eigenvalue weighted by Crippen LogP contribution is -2.20. The average molecular weight is 260 g/mol. The Morgan fingerprint density at radius 2 is 2.21 bits per heavy atom. The maximum absolute atomic E-state index is 10.9. The summed E-state index contributed by atoms with van der Waals surface area (Å²) in [5.41, 5.74) is 1.81. The highest BCUT2D eigenvalue weighted by molar-refractivity contribution is 5.43. The number of nitrogens with one attached hydrogen (secondary N) is 1. The molecule has 1 unspecified atom stereocenters. The van der Waals surface area contributed by atoms with Crippen LogP contribution in [0.2, 0.25) is 0 Å². The number of unbranched alkanes of at least 4 members (excludes halogenated alkanes) is 2. The van der Waals surface area contributed by atoms with Crippen molar-refractivity contribution in [3.8, 4) is 12.3 Å². The number of aryl methyl sites for hydroxylation is 1. The molecule has 1 aromatic carbocycles. The Labute approximate surface area is 114 Å². The summed E-state index contributed by atoms with van der Waals surface area (Å²) in [4.78, 5) is 10.6. The number of hydrogen-bond acceptors (Lipinski definition) is 3. The van der Waals surface area contributed by atoms with E-state index in [2.05, 4.69) is 11.2 Å². The SMILES string of the molecule is C#CCCCCNC(C)c1ccc(C)c([N+](=O)[O-])c1. The van der Waals surface area contributed by atoms with Gasteiger partial charge in [-0.1, -0.05) is 12.1 Å². The first kappa shape index (κ1) is 15.2. The number of benzene rings is 1. The van der Waals surface area contributed by atoms with Crippen LogP contribution in [0.3, 0.4) is 0 Å². The van der Waals surface area contributed by atoms with Crippen LogP contribution in [0.1, 0.15) is 43.4 Å². The van der Waals surface area contributed by atoms with Crippen molar-refractivity contribution in [1.29, 1.82) is 0 Å². The highest BCUT2D eigenvalue weighted by atomic mass is 16.6. The molecule has 0 aliphatic rings. The Hall–Kier alpha value is -1.86. The fraction of sp³-hybridized carbons (Fsp3) is 0.467. The van der Waals surface area contributed by atoms with Gasteiger partial charge in [0.15, 0.2) is 0 Å². The molecule has 0 radical (unpaired) electrons. The van der Waals surface area contributed by atoms with Crippen LogP contribution in [0.5, 0.6) is 0 Å². The summed E-state index contributed by atoms with van der Waals surface area (Å²) in [6.07, 6.45) is 8.00. The molecule has 0 aliphatic carbocycles. The van der Waals surface area contributed by atoms with Gasteiger partial charge in [-0.25, -0.2) is 0 Å². The second kappa shape index (κ2) is 7.55. The van der Waals surface area contributed by atoms with Gasteiger partial charge in [0.1, 0.15) is 0 Å². The van der Waals surface area contributed by atoms with Gasteiger partial charge in [0.05, 0.1) is 4.92 Å². The fourth-order valence-electron chi connectivity index (χ4n) is 1.88. The number of nitro benzene ring substituents is 1. The maximum atomic E-state index is 10.9. The Kier molecular flexibility index (Phi) is 6.04. The molecule has 0 aliphatic heterocycles. The first-order chi connectivity index (χ1) is 9.06. The summed E-state index contributed by atoms with van der Waals surface area (Å²) in [6.45, 7) is 4.62. The van der Waals surface area contributed by atoms with Gasteiger partial charge in [-0.15, -0.1) is 12.3 Å². The second-order valence-electron chi connectivity index (χ2n) is 4.64. The van der Waals surface area contributed by atoms with Crippen LogP contribution >= 0.6 is 0 Å². The molecule has 0 saturated carbocycles. The minimum atomic E-state index is -0.335. The summed E-state index contributed by atoms with van der Waals surface area (Å²) in [6, 6.07) is 5.48. The summed E-state index contributed by atoms with van der Waals surface area (Å²) in [5, 5.41) is 14.2. The lowest BCUT2D eigenvalue weighted by Gasteiger charge is -2.14. The van der Waals surface area contributed by atoms with E-state index in [-0.39, 0.29) is 16.7 Å². The zero-order valence-electron chi connectivity index (χ0n) is 11.5. The van der Waals surface area contributed by atoms with Gasteiger partial charge in [-0.2, -0.15) is 0 Å². The molecular formula is C15H20N2O2. The molecule has 0 bridgehead atoms. The molecular weight excluding hydrogens is 240 g/mol. The van der Waals surface area contributed by atoms with Gasteiger partial charge < -0.3 is 5.32 Å². The van der Waals surface area contributed by atoms with Crippen LogP contribution in [0.4, 0.5) is 5.69 Å². The van der Waals surface area contributed by atoms with E-state index in [0.29, 0.717) is 5.56 Å². The normalized spacial score (nSPS) is 11.8. The largest absolute Gasteiger partial charge is 0.310 e. The van der Waals surface area contributed by atoms with E-state index in [4.69, 9.17) is 6.42 Å². The van der Waals surface area contributed by atoms with Crippen molar-refractivity contribution in [3.63, 3.8) is 0 Å². The van der Waals surface area contributed by atoms with Crippen molar-refractivity contribution in [2.24, 2.45) is 0 Å². The molecule has 1 N–H and O–H groups in total. The van der Waals surface area contributed by atoms with E-state index >= 15 is 0 Å². The number of nitro groups is 1. The van der Waals surface area contributed by atoms with Crippen LogP contribution in [0.15, 0.2) is 18.2 Å². The average Bonchev–Trinajstić information content (AvgIpc) is 2.38. The van der Waals surface area contributed by atoms with Crippen molar-refractivity contribution in [1.82, 2.24) is 5.32 Å². The molecule has 1 rings (SSSR count). The third-order valence-electron chi connectivity index (χ3n) is 3.13. The second-order valence-corrected chi connectivity index (χ2v) is 4.64. The minimum Gasteiger partial charge on any atom is -0.310 e. The molecule has 4 nitrogen and oxygen atoms in total. The highest BCUT2D eigenvalue weighted by Gasteiger charge is 2.13. The number of rotatable bonds is 7. The van der Waals surface area contributed by atoms with E-state index in [1.165, 1.54) is 0 Å². The first-order valence-corrected chi connectivity index (χ1v) is 6.48. The van der Waals surface area contributed by atoms with E-state index in [1.807, 2.05) is 13.0 Å². The molecule has 1 aromatic rings. The van der Waals surface area contributed by atoms with Crippen LogP contribution < -0.4 is 5.32 Å². The Morgan fingerprint density at radius 1 is 1.47 bits per heavy atom. The van der Waals surface area contributed by atoms with Crippen LogP contribution in [0.25, 0.3) is 0 Å². The monoisotopic (exact) mass is 260 g/mol. The molecule has 102 valence electrons. The molecule has 0 fully saturated rings. The van der Waals surface area contributed by atoms with Crippen molar-refractivity contribution in [2.45, 2.75) is 39.2 Å². The zero-order valence-corrected chi connectivity index (χ0v) is 11.5. The molecule has 4 heteroatoms. The first-order valence-electron chi connectivity index (χ1n) is 6.48. The smallest absolute Gasteiger partial charge is 0.272 e. The number of hydrogen-bond donors (Lipinski definition) is 1. The highest BCUT2D eigenvalue weighted by Crippen LogP contribution is 2.23. The molecule has 19 heavy (non-hydrogen) atoms. The van der Waals surface area contributed by atoms with E-state index in [1.54, 1.807) is 19.1 Å². The van der Waals surface area contributed by atoms with Gasteiger partial charge in [-0.05, 0) is 38.8 Å². The minimum absolute atomic E-state index is 0.102. The lowest BCUT2D eigenvalue weighted by molar-refractivity contribution is -0.385. The van der Waals surface area contributed by atoms with Crippen molar-refractivity contribution in [3.05, 3.63) is 39.4 Å². The Balaban J connectivity index is 2.57. The van der Waals surface area contributed by atoms with Crippen LogP contribution in [0, 0.1) is 29.4 Å². The van der Waals surface area contributed by atoms with Crippen molar-refractivity contribution in [2.75, 3.05) is 6.54 Å². The Bertz CT molecular complexity index is 478. The van der Waals surface area contributed by atoms with Gasteiger partial charge in [0.2, 0.25) is 0 Å². The summed E-state index contributed by atoms with van der Waals surface area (Å²) >= 11 is 0. The van der Waals surface area contributed by atoms with Gasteiger partial charge in [-0.3, -0.25) is 10.1 Å². The lowest BCUT2D eigenvalue weighted by atomic mass is 10.0. The van der Waals surface area contributed by atoms with Crippen LogP contribution in [-0.4, -0.2) is 11.5 Å². The fourth-order valence-corrected chi connectivity index (χ4v) is 1.88. The number of terminal acetylenes is 1. The van der Waals surface area contributed by atoms with Crippen molar-refractivity contribution >= 4 is 5.69 Å². The van der Waals surface area contributed by atoms with E-state index < -0.39 is 0 Å². The maximum Gasteiger partial charge on any atom is 0.272 e. The van der Waals surface area contributed by atoms with Gasteiger partial charge in [0, 0.05) is 24.1 Å². The van der Waals surface area contributed by atoms with E-state index in [0.717, 1.165) is 31.4 Å². The summed E-state index contributed by atoms with van der Waals surface area (Å²) < 4.78 is 0. The molecule has 1 atom stereocenters. The molecule has 0 aromatic heterocycles. The standard InChI is InChI=1S/C15H20N2O2/c1-4-5-6-7-10-16-13(3)14-9-8-12(2)15(11-14)17(18)19/h1,8-9,11,13,16H,5-7,10H2,2-3H3. The van der Waals surface area contributed by atoms with Gasteiger partial charge >= 0.3 is 0 Å². The molecule has 0 amide bonds. The third-order valence-corrected chi connectivity index (χ3v) is 3.13. The third kappa shape index (κ3) is 4.72. The molecule has 0 saturated heterocycles. The predicted molar refractivity (Wildman–Crippen MR) is 76.9 cm³/mol.